The summed E-state index contributed by atoms with van der Waals surface area (Å²) < 4.78 is 5.29. The maximum absolute atomic E-state index is 5.29. The van der Waals surface area contributed by atoms with Crippen LogP contribution in [0.4, 0.5) is 17.2 Å². The number of methoxy groups -OCH3 is 1. The maximum Gasteiger partial charge on any atom is 0.140 e. The molecule has 0 bridgehead atoms. The van der Waals surface area contributed by atoms with Crippen molar-refractivity contribution in [1.82, 2.24) is 9.97 Å². The van der Waals surface area contributed by atoms with Gasteiger partial charge in [-0.25, -0.2) is 9.97 Å². The lowest BCUT2D eigenvalue weighted by Gasteiger charge is -2.39. The van der Waals surface area contributed by atoms with E-state index in [1.807, 2.05) is 0 Å². The second-order valence-corrected chi connectivity index (χ2v) is 10.5. The van der Waals surface area contributed by atoms with Crippen LogP contribution in [0.15, 0.2) is 42.5 Å². The predicted molar refractivity (Wildman–Crippen MR) is 144 cm³/mol. The predicted octanol–water partition coefficient (Wildman–Crippen LogP) is 5.18. The summed E-state index contributed by atoms with van der Waals surface area (Å²) in [4.78, 5) is 17.5. The molecule has 0 amide bonds. The number of fused-ring (bicyclic) bond motifs is 1. The number of nitrogens with zero attached hydrogens (tertiary/aromatic N) is 5. The van der Waals surface area contributed by atoms with Crippen molar-refractivity contribution in [1.29, 1.82) is 0 Å². The molecule has 6 nitrogen and oxygen atoms in total. The zero-order chi connectivity index (χ0) is 23.8. The van der Waals surface area contributed by atoms with Crippen molar-refractivity contribution in [2.45, 2.75) is 43.9 Å². The van der Waals surface area contributed by atoms with Crippen LogP contribution >= 0.6 is 0 Å². The summed E-state index contributed by atoms with van der Waals surface area (Å²) in [7, 11) is 3.88. The van der Waals surface area contributed by atoms with Crippen molar-refractivity contribution in [3.05, 3.63) is 53.9 Å². The van der Waals surface area contributed by atoms with Crippen LogP contribution in [0.2, 0.25) is 0 Å². The molecular weight excluding hydrogens is 434 g/mol. The molecule has 2 saturated heterocycles. The van der Waals surface area contributed by atoms with Crippen molar-refractivity contribution in [2.75, 3.05) is 68.2 Å². The van der Waals surface area contributed by atoms with Gasteiger partial charge in [-0.15, -0.1) is 0 Å². The van der Waals surface area contributed by atoms with E-state index in [-0.39, 0.29) is 0 Å². The number of piperidine rings is 1. The third-order valence-corrected chi connectivity index (χ3v) is 8.06. The third-order valence-electron chi connectivity index (χ3n) is 8.06. The first-order valence-corrected chi connectivity index (χ1v) is 13.3. The Hall–Kier alpha value is -2.86. The highest BCUT2D eigenvalue weighted by atomic mass is 16.5. The molecule has 6 rings (SSSR count). The summed E-state index contributed by atoms with van der Waals surface area (Å²) in [6.07, 6.45) is 6.10. The Balaban J connectivity index is 1.27. The number of rotatable bonds is 8. The number of anilines is 3. The highest BCUT2D eigenvalue weighted by molar-refractivity contribution is 5.92. The average molecular weight is 472 g/mol. The Bertz CT molecular complexity index is 1180. The molecule has 3 aromatic rings. The quantitative estimate of drug-likeness (QED) is 0.451. The van der Waals surface area contributed by atoms with E-state index in [9.17, 15) is 0 Å². The van der Waals surface area contributed by atoms with E-state index in [4.69, 9.17) is 14.7 Å². The van der Waals surface area contributed by atoms with Gasteiger partial charge in [-0.2, -0.15) is 0 Å². The average Bonchev–Trinajstić information content (AvgIpc) is 3.71. The summed E-state index contributed by atoms with van der Waals surface area (Å²) in [6.45, 7) is 6.06. The fourth-order valence-electron chi connectivity index (χ4n) is 5.56. The SMILES string of the molecule is COCCN(C)c1ccc2nc(C3CC3)nc(N3CCC(c4ccccc4N4CCC4)CC3)c2c1. The molecule has 2 aliphatic heterocycles. The third kappa shape index (κ3) is 4.56. The van der Waals surface area contributed by atoms with E-state index in [1.165, 1.54) is 62.0 Å². The highest BCUT2D eigenvalue weighted by Crippen LogP contribution is 2.42. The zero-order valence-electron chi connectivity index (χ0n) is 21.1. The van der Waals surface area contributed by atoms with E-state index in [0.29, 0.717) is 18.4 Å². The standard InChI is InChI=1S/C29H37N5O/c1-32(18-19-35-2)23-10-11-26-25(20-23)29(31-28(30-26)22-8-9-22)34-16-12-21(13-17-34)24-6-3-4-7-27(24)33-14-5-15-33/h3-4,6-7,10-11,20-22H,5,8-9,12-19H2,1-2H3. The second kappa shape index (κ2) is 9.65. The minimum atomic E-state index is 0.545. The molecule has 1 saturated carbocycles. The van der Waals surface area contributed by atoms with E-state index in [0.717, 1.165) is 36.8 Å². The normalized spacial score (nSPS) is 18.7. The lowest BCUT2D eigenvalue weighted by molar-refractivity contribution is 0.206. The topological polar surface area (TPSA) is 44.7 Å². The number of hydrogen-bond acceptors (Lipinski definition) is 6. The molecular formula is C29H37N5O. The molecule has 184 valence electrons. The molecule has 35 heavy (non-hydrogen) atoms. The van der Waals surface area contributed by atoms with E-state index in [2.05, 4.69) is 64.2 Å². The Morgan fingerprint density at radius 3 is 2.43 bits per heavy atom. The molecule has 3 fully saturated rings. The Morgan fingerprint density at radius 1 is 0.914 bits per heavy atom. The van der Waals surface area contributed by atoms with Crippen LogP contribution in [0.1, 0.15) is 55.3 Å². The molecule has 0 unspecified atom stereocenters. The molecule has 0 atom stereocenters. The van der Waals surface area contributed by atoms with Gasteiger partial charge >= 0.3 is 0 Å². The van der Waals surface area contributed by atoms with Gasteiger partial charge in [0.1, 0.15) is 11.6 Å². The van der Waals surface area contributed by atoms with Crippen LogP contribution in [0.3, 0.4) is 0 Å². The number of aromatic nitrogens is 2. The number of benzene rings is 2. The first-order chi connectivity index (χ1) is 17.2. The van der Waals surface area contributed by atoms with Gasteiger partial charge in [0.05, 0.1) is 12.1 Å². The van der Waals surface area contributed by atoms with Crippen LogP contribution in [-0.2, 0) is 4.74 Å². The molecule has 3 aliphatic rings. The molecule has 0 spiro atoms. The van der Waals surface area contributed by atoms with E-state index >= 15 is 0 Å². The first kappa shape index (κ1) is 22.6. The molecule has 0 radical (unpaired) electrons. The molecule has 2 aromatic carbocycles. The van der Waals surface area contributed by atoms with Gasteiger partial charge in [-0.1, -0.05) is 18.2 Å². The van der Waals surface area contributed by atoms with E-state index in [1.54, 1.807) is 12.7 Å². The fraction of sp³-hybridized carbons (Fsp3) is 0.517. The van der Waals surface area contributed by atoms with Crippen LogP contribution in [0.5, 0.6) is 0 Å². The van der Waals surface area contributed by atoms with Crippen LogP contribution < -0.4 is 14.7 Å². The van der Waals surface area contributed by atoms with Crippen molar-refractivity contribution in [3.63, 3.8) is 0 Å². The van der Waals surface area contributed by atoms with Gasteiger partial charge in [0, 0.05) is 69.6 Å². The Labute approximate surface area is 208 Å². The molecule has 3 heterocycles. The van der Waals surface area contributed by atoms with Gasteiger partial charge in [-0.05, 0) is 67.9 Å². The number of para-hydroxylation sites is 1. The van der Waals surface area contributed by atoms with Crippen molar-refractivity contribution in [2.24, 2.45) is 0 Å². The Morgan fingerprint density at radius 2 is 1.71 bits per heavy atom. The lowest BCUT2D eigenvalue weighted by Crippen LogP contribution is -2.39. The summed E-state index contributed by atoms with van der Waals surface area (Å²) in [5.41, 5.74) is 5.27. The van der Waals surface area contributed by atoms with Gasteiger partial charge in [0.2, 0.25) is 0 Å². The van der Waals surface area contributed by atoms with Crippen molar-refractivity contribution in [3.8, 4) is 0 Å². The number of likely N-dealkylation sites (N-methyl/N-ethyl adjacent to an activating group) is 1. The van der Waals surface area contributed by atoms with E-state index < -0.39 is 0 Å². The van der Waals surface area contributed by atoms with Gasteiger partial charge in [0.15, 0.2) is 0 Å². The zero-order valence-corrected chi connectivity index (χ0v) is 21.1. The van der Waals surface area contributed by atoms with Gasteiger partial charge in [0.25, 0.3) is 0 Å². The molecule has 1 aliphatic carbocycles. The minimum Gasteiger partial charge on any atom is -0.383 e. The molecule has 6 heteroatoms. The highest BCUT2D eigenvalue weighted by Gasteiger charge is 2.30. The molecule has 0 N–H and O–H groups in total. The monoisotopic (exact) mass is 471 g/mol. The van der Waals surface area contributed by atoms with Crippen molar-refractivity contribution < 1.29 is 4.74 Å². The summed E-state index contributed by atoms with van der Waals surface area (Å²) in [6, 6.07) is 15.7. The summed E-state index contributed by atoms with van der Waals surface area (Å²) >= 11 is 0. The smallest absolute Gasteiger partial charge is 0.140 e. The van der Waals surface area contributed by atoms with Crippen molar-refractivity contribution >= 4 is 28.1 Å². The summed E-state index contributed by atoms with van der Waals surface area (Å²) in [5, 5.41) is 1.18. The largest absolute Gasteiger partial charge is 0.383 e. The van der Waals surface area contributed by atoms with Gasteiger partial charge in [-0.3, -0.25) is 0 Å². The first-order valence-electron chi connectivity index (χ1n) is 13.3. The van der Waals surface area contributed by atoms with Gasteiger partial charge < -0.3 is 19.4 Å². The number of hydrogen-bond donors (Lipinski definition) is 0. The van der Waals surface area contributed by atoms with Crippen LogP contribution in [-0.4, -0.2) is 63.5 Å². The molecule has 1 aromatic heterocycles. The second-order valence-electron chi connectivity index (χ2n) is 10.5. The lowest BCUT2D eigenvalue weighted by atomic mass is 9.87. The van der Waals surface area contributed by atoms with Crippen LogP contribution in [0, 0.1) is 0 Å². The fourth-order valence-corrected chi connectivity index (χ4v) is 5.56. The minimum absolute atomic E-state index is 0.545. The maximum atomic E-state index is 5.29. The number of ether oxygens (including phenoxy) is 1. The summed E-state index contributed by atoms with van der Waals surface area (Å²) in [5.74, 6) is 3.34. The van der Waals surface area contributed by atoms with Crippen LogP contribution in [0.25, 0.3) is 10.9 Å². The Kier molecular flexibility index (Phi) is 6.23.